The predicted molar refractivity (Wildman–Crippen MR) is 66.2 cm³/mol. The quantitative estimate of drug-likeness (QED) is 0.885. The van der Waals surface area contributed by atoms with Crippen molar-refractivity contribution < 1.29 is 4.39 Å². The van der Waals surface area contributed by atoms with E-state index in [9.17, 15) is 4.39 Å². The van der Waals surface area contributed by atoms with Gasteiger partial charge in [0.1, 0.15) is 5.82 Å². The Balaban J connectivity index is 2.27. The van der Waals surface area contributed by atoms with Gasteiger partial charge in [-0.15, -0.1) is 0 Å². The Hall–Kier alpha value is -1.84. The van der Waals surface area contributed by atoms with Gasteiger partial charge in [-0.2, -0.15) is 5.10 Å². The van der Waals surface area contributed by atoms with Crippen LogP contribution in [0.25, 0.3) is 0 Å². The molecule has 0 aliphatic rings. The number of rotatable bonds is 3. The van der Waals surface area contributed by atoms with E-state index in [4.69, 9.17) is 5.73 Å². The normalized spacial score (nSPS) is 11.1. The molecular formula is C13H16FN3. The Morgan fingerprint density at radius 2 is 1.94 bits per heavy atom. The third-order valence-corrected chi connectivity index (χ3v) is 2.70. The van der Waals surface area contributed by atoms with Crippen LogP contribution in [-0.2, 0) is 6.54 Å². The molecule has 3 nitrogen and oxygen atoms in total. The molecule has 0 bridgehead atoms. The van der Waals surface area contributed by atoms with E-state index in [1.54, 1.807) is 18.3 Å². The molecule has 0 aliphatic heterocycles. The summed E-state index contributed by atoms with van der Waals surface area (Å²) in [6.45, 7) is 4.77. The van der Waals surface area contributed by atoms with Crippen LogP contribution in [0.1, 0.15) is 31.0 Å². The molecule has 2 N–H and O–H groups in total. The van der Waals surface area contributed by atoms with Crippen LogP contribution in [0.15, 0.2) is 30.5 Å². The lowest BCUT2D eigenvalue weighted by molar-refractivity contribution is 0.610. The topological polar surface area (TPSA) is 43.8 Å². The first-order valence-electron chi connectivity index (χ1n) is 5.63. The molecule has 0 amide bonds. The highest BCUT2D eigenvalue weighted by Crippen LogP contribution is 2.22. The number of aromatic nitrogens is 2. The summed E-state index contributed by atoms with van der Waals surface area (Å²) in [4.78, 5) is 0. The Bertz CT molecular complexity index is 500. The van der Waals surface area contributed by atoms with Crippen LogP contribution in [0, 0.1) is 5.82 Å². The summed E-state index contributed by atoms with van der Waals surface area (Å²) in [6, 6.07) is 6.43. The van der Waals surface area contributed by atoms with Crippen molar-refractivity contribution in [2.24, 2.45) is 0 Å². The highest BCUT2D eigenvalue weighted by molar-refractivity contribution is 5.43. The average molecular weight is 233 g/mol. The zero-order chi connectivity index (χ0) is 12.4. The van der Waals surface area contributed by atoms with E-state index < -0.39 is 0 Å². The van der Waals surface area contributed by atoms with Crippen LogP contribution >= 0.6 is 0 Å². The first-order chi connectivity index (χ1) is 8.08. The lowest BCUT2D eigenvalue weighted by atomic mass is 10.1. The molecule has 0 spiro atoms. The number of hydrogen-bond donors (Lipinski definition) is 1. The lowest BCUT2D eigenvalue weighted by Gasteiger charge is -2.11. The van der Waals surface area contributed by atoms with Gasteiger partial charge in [0.2, 0.25) is 0 Å². The molecular weight excluding hydrogens is 217 g/mol. The van der Waals surface area contributed by atoms with Gasteiger partial charge in [-0.1, -0.05) is 26.0 Å². The first-order valence-corrected chi connectivity index (χ1v) is 5.63. The summed E-state index contributed by atoms with van der Waals surface area (Å²) in [5, 5.41) is 4.25. The summed E-state index contributed by atoms with van der Waals surface area (Å²) in [7, 11) is 0. The molecule has 1 aromatic heterocycles. The summed E-state index contributed by atoms with van der Waals surface area (Å²) in [6.07, 6.45) is 1.67. The van der Waals surface area contributed by atoms with Gasteiger partial charge in [0.25, 0.3) is 0 Å². The second kappa shape index (κ2) is 4.57. The fourth-order valence-electron chi connectivity index (χ4n) is 1.93. The van der Waals surface area contributed by atoms with Gasteiger partial charge in [0.15, 0.2) is 0 Å². The van der Waals surface area contributed by atoms with Crippen molar-refractivity contribution in [3.05, 3.63) is 47.5 Å². The molecule has 17 heavy (non-hydrogen) atoms. The van der Waals surface area contributed by atoms with Crippen molar-refractivity contribution in [2.45, 2.75) is 26.3 Å². The van der Waals surface area contributed by atoms with Crippen LogP contribution in [0.4, 0.5) is 10.1 Å². The molecule has 0 fully saturated rings. The lowest BCUT2D eigenvalue weighted by Crippen LogP contribution is -2.08. The van der Waals surface area contributed by atoms with Gasteiger partial charge in [-0.05, 0) is 23.6 Å². The van der Waals surface area contributed by atoms with E-state index in [2.05, 4.69) is 18.9 Å². The fourth-order valence-corrected chi connectivity index (χ4v) is 1.93. The maximum Gasteiger partial charge on any atom is 0.123 e. The predicted octanol–water partition coefficient (Wildman–Crippen LogP) is 2.78. The van der Waals surface area contributed by atoms with Crippen molar-refractivity contribution in [3.63, 3.8) is 0 Å². The summed E-state index contributed by atoms with van der Waals surface area (Å²) in [5.74, 6) is 0.0933. The summed E-state index contributed by atoms with van der Waals surface area (Å²) in [5.41, 5.74) is 8.62. The minimum absolute atomic E-state index is 0.224. The van der Waals surface area contributed by atoms with Crippen molar-refractivity contribution in [1.82, 2.24) is 9.78 Å². The van der Waals surface area contributed by atoms with Crippen LogP contribution in [0.5, 0.6) is 0 Å². The van der Waals surface area contributed by atoms with Gasteiger partial charge in [0.05, 0.1) is 24.1 Å². The van der Waals surface area contributed by atoms with Gasteiger partial charge in [-0.3, -0.25) is 4.68 Å². The molecule has 0 saturated heterocycles. The minimum Gasteiger partial charge on any atom is -0.396 e. The number of anilines is 1. The molecule has 4 heteroatoms. The second-order valence-corrected chi connectivity index (χ2v) is 4.42. The summed E-state index contributed by atoms with van der Waals surface area (Å²) >= 11 is 0. The van der Waals surface area contributed by atoms with Crippen molar-refractivity contribution in [1.29, 1.82) is 0 Å². The molecule has 0 aliphatic carbocycles. The molecule has 0 atom stereocenters. The molecule has 0 unspecified atom stereocenters. The number of benzene rings is 1. The largest absolute Gasteiger partial charge is 0.396 e. The van der Waals surface area contributed by atoms with E-state index in [1.165, 1.54) is 12.1 Å². The van der Waals surface area contributed by atoms with Crippen molar-refractivity contribution in [3.8, 4) is 0 Å². The zero-order valence-corrected chi connectivity index (χ0v) is 10.0. The Kier molecular flexibility index (Phi) is 3.13. The smallest absolute Gasteiger partial charge is 0.123 e. The number of hydrogen-bond acceptors (Lipinski definition) is 2. The number of nitrogens with zero attached hydrogens (tertiary/aromatic N) is 2. The number of nitrogens with two attached hydrogens (primary N) is 1. The third-order valence-electron chi connectivity index (χ3n) is 2.70. The second-order valence-electron chi connectivity index (χ2n) is 4.42. The van der Waals surface area contributed by atoms with Gasteiger partial charge < -0.3 is 5.73 Å². The van der Waals surface area contributed by atoms with E-state index in [-0.39, 0.29) is 5.82 Å². The molecule has 0 saturated carbocycles. The first kappa shape index (κ1) is 11.6. The third kappa shape index (κ3) is 2.46. The molecule has 1 aromatic carbocycles. The minimum atomic E-state index is -0.224. The molecule has 90 valence electrons. The molecule has 2 aromatic rings. The van der Waals surface area contributed by atoms with Crippen molar-refractivity contribution >= 4 is 5.69 Å². The molecule has 1 heterocycles. The van der Waals surface area contributed by atoms with Gasteiger partial charge >= 0.3 is 0 Å². The maximum absolute atomic E-state index is 12.8. The highest BCUT2D eigenvalue weighted by Gasteiger charge is 2.12. The van der Waals surface area contributed by atoms with Crippen LogP contribution < -0.4 is 5.73 Å². The van der Waals surface area contributed by atoms with Crippen molar-refractivity contribution in [2.75, 3.05) is 5.73 Å². The zero-order valence-electron chi connectivity index (χ0n) is 10.0. The van der Waals surface area contributed by atoms with E-state index in [0.29, 0.717) is 18.2 Å². The van der Waals surface area contributed by atoms with E-state index in [1.807, 2.05) is 4.68 Å². The monoisotopic (exact) mass is 233 g/mol. The molecule has 2 rings (SSSR count). The van der Waals surface area contributed by atoms with E-state index in [0.717, 1.165) is 11.3 Å². The van der Waals surface area contributed by atoms with Crippen LogP contribution in [-0.4, -0.2) is 9.78 Å². The highest BCUT2D eigenvalue weighted by atomic mass is 19.1. The Morgan fingerprint density at radius 3 is 2.53 bits per heavy atom. The van der Waals surface area contributed by atoms with Crippen LogP contribution in [0.2, 0.25) is 0 Å². The maximum atomic E-state index is 12.8. The average Bonchev–Trinajstić information content (AvgIpc) is 2.63. The number of nitrogen functional groups attached to an aromatic ring is 1. The fraction of sp³-hybridized carbons (Fsp3) is 0.308. The Morgan fingerprint density at radius 1 is 1.29 bits per heavy atom. The molecule has 0 radical (unpaired) electrons. The van der Waals surface area contributed by atoms with Crippen LogP contribution in [0.3, 0.4) is 0 Å². The van der Waals surface area contributed by atoms with Gasteiger partial charge in [-0.25, -0.2) is 4.39 Å². The number of halogens is 1. The standard InChI is InChI=1S/C13H16FN3/c1-9(2)13-12(15)7-16-17(13)8-10-3-5-11(14)6-4-10/h3-7,9H,8,15H2,1-2H3. The summed E-state index contributed by atoms with van der Waals surface area (Å²) < 4.78 is 14.7. The SMILES string of the molecule is CC(C)c1c(N)cnn1Cc1ccc(F)cc1. The van der Waals surface area contributed by atoms with E-state index >= 15 is 0 Å². The Labute approximate surface area is 100 Å². The van der Waals surface area contributed by atoms with Gasteiger partial charge in [0, 0.05) is 0 Å².